The zero-order valence-electron chi connectivity index (χ0n) is 36.0. The average Bonchev–Trinajstić information content (AvgIpc) is 3.14. The van der Waals surface area contributed by atoms with Crippen molar-refractivity contribution in [3.63, 3.8) is 0 Å². The van der Waals surface area contributed by atoms with E-state index < -0.39 is 6.10 Å². The molecule has 0 aromatic carbocycles. The van der Waals surface area contributed by atoms with Gasteiger partial charge >= 0.3 is 17.9 Å². The van der Waals surface area contributed by atoms with Gasteiger partial charge in [-0.2, -0.15) is 0 Å². The van der Waals surface area contributed by atoms with Crippen LogP contribution in [0.2, 0.25) is 0 Å². The molecule has 0 aliphatic carbocycles. The Morgan fingerprint density at radius 1 is 0.358 bits per heavy atom. The minimum Gasteiger partial charge on any atom is -0.462 e. The lowest BCUT2D eigenvalue weighted by molar-refractivity contribution is -0.167. The number of unbranched alkanes of at least 4 members (excludes halogenated alkanes) is 29. The molecule has 1 atom stereocenters. The van der Waals surface area contributed by atoms with Gasteiger partial charge in [-0.15, -0.1) is 0 Å². The fraction of sp³-hybridized carbons (Fsp3) is 0.936. The maximum Gasteiger partial charge on any atom is 0.306 e. The van der Waals surface area contributed by atoms with E-state index in [0.717, 1.165) is 63.7 Å². The Morgan fingerprint density at radius 3 is 0.925 bits per heavy atom. The lowest BCUT2D eigenvalue weighted by Crippen LogP contribution is -2.30. The molecule has 0 saturated carbocycles. The highest BCUT2D eigenvalue weighted by atomic mass is 16.6. The fourth-order valence-corrected chi connectivity index (χ4v) is 6.98. The van der Waals surface area contributed by atoms with Crippen LogP contribution < -0.4 is 0 Å². The molecule has 0 aromatic heterocycles. The third-order valence-electron chi connectivity index (χ3n) is 10.5. The molecule has 0 radical (unpaired) electrons. The predicted octanol–water partition coefficient (Wildman–Crippen LogP) is 14.7. The summed E-state index contributed by atoms with van der Waals surface area (Å²) in [4.78, 5) is 37.7. The maximum atomic E-state index is 12.7. The number of carbonyl (C=O) groups is 3. The lowest BCUT2D eigenvalue weighted by Gasteiger charge is -2.18. The van der Waals surface area contributed by atoms with Crippen LogP contribution in [0.5, 0.6) is 0 Å². The number of ether oxygens (including phenoxy) is 3. The van der Waals surface area contributed by atoms with E-state index in [9.17, 15) is 14.4 Å². The van der Waals surface area contributed by atoms with Gasteiger partial charge in [0.1, 0.15) is 13.2 Å². The van der Waals surface area contributed by atoms with Crippen LogP contribution >= 0.6 is 0 Å². The van der Waals surface area contributed by atoms with E-state index in [1.54, 1.807) is 0 Å². The fourth-order valence-electron chi connectivity index (χ4n) is 6.98. The first-order chi connectivity index (χ1) is 25.9. The minimum absolute atomic E-state index is 0.0640. The van der Waals surface area contributed by atoms with Gasteiger partial charge in [0.05, 0.1) is 0 Å². The maximum absolute atomic E-state index is 12.7. The van der Waals surface area contributed by atoms with Crippen molar-refractivity contribution in [2.24, 2.45) is 5.92 Å². The van der Waals surface area contributed by atoms with E-state index >= 15 is 0 Å². The van der Waals surface area contributed by atoms with Crippen molar-refractivity contribution >= 4 is 17.9 Å². The van der Waals surface area contributed by atoms with Crippen LogP contribution in [-0.2, 0) is 28.6 Å². The van der Waals surface area contributed by atoms with E-state index in [2.05, 4.69) is 27.7 Å². The Labute approximate surface area is 329 Å². The second kappa shape index (κ2) is 41.6. The zero-order chi connectivity index (χ0) is 38.9. The second-order valence-corrected chi connectivity index (χ2v) is 16.5. The van der Waals surface area contributed by atoms with Crippen LogP contribution in [0.25, 0.3) is 0 Å². The summed E-state index contributed by atoms with van der Waals surface area (Å²) in [6.07, 6.45) is 40.9. The largest absolute Gasteiger partial charge is 0.462 e. The smallest absolute Gasteiger partial charge is 0.306 e. The second-order valence-electron chi connectivity index (χ2n) is 16.5. The highest BCUT2D eigenvalue weighted by molar-refractivity contribution is 5.71. The van der Waals surface area contributed by atoms with Gasteiger partial charge < -0.3 is 14.2 Å². The minimum atomic E-state index is -0.759. The van der Waals surface area contributed by atoms with Crippen LogP contribution in [0, 0.1) is 5.92 Å². The van der Waals surface area contributed by atoms with Crippen molar-refractivity contribution in [2.75, 3.05) is 13.2 Å². The Morgan fingerprint density at radius 2 is 0.623 bits per heavy atom. The first-order valence-corrected chi connectivity index (χ1v) is 23.4. The lowest BCUT2D eigenvalue weighted by atomic mass is 10.0. The Kier molecular flexibility index (Phi) is 40.3. The molecule has 0 fully saturated rings. The first kappa shape index (κ1) is 51.4. The number of hydrogen-bond acceptors (Lipinski definition) is 6. The van der Waals surface area contributed by atoms with Gasteiger partial charge in [0, 0.05) is 19.3 Å². The standard InChI is InChI=1S/C47H90O6/c1-5-7-9-11-13-15-17-18-19-21-22-26-30-34-38-45(48)51-41-44(42-52-46(49)39-35-31-28-24-25-29-33-37-43(3)4)53-47(50)40-36-32-27-23-20-16-14-12-10-8-6-2/h43-44H,5-42H2,1-4H3/t44-/m1/s1. The molecule has 0 bridgehead atoms. The third-order valence-corrected chi connectivity index (χ3v) is 10.5. The Hall–Kier alpha value is -1.59. The van der Waals surface area contributed by atoms with E-state index in [0.29, 0.717) is 19.3 Å². The van der Waals surface area contributed by atoms with Crippen LogP contribution in [0.3, 0.4) is 0 Å². The summed E-state index contributed by atoms with van der Waals surface area (Å²) in [7, 11) is 0. The number of rotatable bonds is 42. The molecule has 0 saturated heterocycles. The van der Waals surface area contributed by atoms with Crippen LogP contribution in [0.15, 0.2) is 0 Å². The highest BCUT2D eigenvalue weighted by Gasteiger charge is 2.19. The molecule has 0 spiro atoms. The average molecular weight is 751 g/mol. The topological polar surface area (TPSA) is 78.9 Å². The van der Waals surface area contributed by atoms with Crippen molar-refractivity contribution in [1.29, 1.82) is 0 Å². The summed E-state index contributed by atoms with van der Waals surface area (Å²) < 4.78 is 16.7. The van der Waals surface area contributed by atoms with Gasteiger partial charge in [0.2, 0.25) is 0 Å². The molecule has 0 aliphatic heterocycles. The quantitative estimate of drug-likeness (QED) is 0.0351. The number of carbonyl (C=O) groups excluding carboxylic acids is 3. The molecular weight excluding hydrogens is 661 g/mol. The number of hydrogen-bond donors (Lipinski definition) is 0. The van der Waals surface area contributed by atoms with Crippen LogP contribution in [0.4, 0.5) is 0 Å². The summed E-state index contributed by atoms with van der Waals surface area (Å²) in [6.45, 7) is 8.95. The highest BCUT2D eigenvalue weighted by Crippen LogP contribution is 2.16. The van der Waals surface area contributed by atoms with Crippen LogP contribution in [-0.4, -0.2) is 37.2 Å². The molecule has 314 valence electrons. The van der Waals surface area contributed by atoms with E-state index in [1.165, 1.54) is 154 Å². The van der Waals surface area contributed by atoms with Crippen molar-refractivity contribution in [3.8, 4) is 0 Å². The summed E-state index contributed by atoms with van der Waals surface area (Å²) in [5.41, 5.74) is 0. The van der Waals surface area contributed by atoms with Gasteiger partial charge in [0.25, 0.3) is 0 Å². The van der Waals surface area contributed by atoms with Crippen molar-refractivity contribution in [2.45, 2.75) is 265 Å². The molecule has 53 heavy (non-hydrogen) atoms. The van der Waals surface area contributed by atoms with Gasteiger partial charge in [-0.25, -0.2) is 0 Å². The normalized spacial score (nSPS) is 11.9. The molecular formula is C47H90O6. The summed E-state index contributed by atoms with van der Waals surface area (Å²) in [6, 6.07) is 0. The van der Waals surface area contributed by atoms with Crippen molar-refractivity contribution in [1.82, 2.24) is 0 Å². The zero-order valence-corrected chi connectivity index (χ0v) is 36.0. The number of esters is 3. The van der Waals surface area contributed by atoms with E-state index in [-0.39, 0.29) is 31.1 Å². The molecule has 0 amide bonds. The van der Waals surface area contributed by atoms with Gasteiger partial charge in [-0.05, 0) is 25.2 Å². The predicted molar refractivity (Wildman–Crippen MR) is 224 cm³/mol. The summed E-state index contributed by atoms with van der Waals surface area (Å²) >= 11 is 0. The van der Waals surface area contributed by atoms with E-state index in [4.69, 9.17) is 14.2 Å². The Bertz CT molecular complexity index is 796. The van der Waals surface area contributed by atoms with Gasteiger partial charge in [-0.1, -0.05) is 220 Å². The van der Waals surface area contributed by atoms with Gasteiger partial charge in [0.15, 0.2) is 6.10 Å². The molecule has 0 heterocycles. The molecule has 6 heteroatoms. The van der Waals surface area contributed by atoms with Crippen LogP contribution in [0.1, 0.15) is 259 Å². The molecule has 0 aliphatic rings. The monoisotopic (exact) mass is 751 g/mol. The van der Waals surface area contributed by atoms with Gasteiger partial charge in [-0.3, -0.25) is 14.4 Å². The molecule has 0 N–H and O–H groups in total. The summed E-state index contributed by atoms with van der Waals surface area (Å²) in [5, 5.41) is 0. The third kappa shape index (κ3) is 41.4. The van der Waals surface area contributed by atoms with Crippen molar-refractivity contribution in [3.05, 3.63) is 0 Å². The van der Waals surface area contributed by atoms with E-state index in [1.807, 2.05) is 0 Å². The molecule has 0 aromatic rings. The Balaban J connectivity index is 4.31. The SMILES string of the molecule is CCCCCCCCCCCCCCCCC(=O)OC[C@H](COC(=O)CCCCCCCCCC(C)C)OC(=O)CCCCCCCCCCCCC. The molecule has 0 rings (SSSR count). The summed E-state index contributed by atoms with van der Waals surface area (Å²) in [5.74, 6) is -0.0734. The molecule has 6 nitrogen and oxygen atoms in total. The first-order valence-electron chi connectivity index (χ1n) is 23.4. The van der Waals surface area contributed by atoms with Crippen molar-refractivity contribution < 1.29 is 28.6 Å². The molecule has 0 unspecified atom stereocenters.